The maximum absolute atomic E-state index is 13.0. The Hall–Kier alpha value is -3.35. The highest BCUT2D eigenvalue weighted by Crippen LogP contribution is 2.44. The lowest BCUT2D eigenvalue weighted by Gasteiger charge is -2.30. The van der Waals surface area contributed by atoms with Gasteiger partial charge in [0, 0.05) is 5.92 Å². The number of aliphatic carboxylic acids is 1. The fourth-order valence-corrected chi connectivity index (χ4v) is 4.81. The zero-order chi connectivity index (χ0) is 24.3. The highest BCUT2D eigenvalue weighted by Gasteiger charge is 2.40. The summed E-state index contributed by atoms with van der Waals surface area (Å²) in [5.41, 5.74) is 3.16. The quantitative estimate of drug-likeness (QED) is 0.482. The molecule has 2 aromatic rings. The number of carboxylic acid groups (broad SMARTS) is 1. The smallest absolute Gasteiger partial charge is 0.407 e. The van der Waals surface area contributed by atoms with Crippen molar-refractivity contribution in [3.63, 3.8) is 0 Å². The van der Waals surface area contributed by atoms with Gasteiger partial charge in [-0.1, -0.05) is 75.2 Å². The van der Waals surface area contributed by atoms with Gasteiger partial charge in [0.25, 0.3) is 0 Å². The number of carboxylic acids is 1. The van der Waals surface area contributed by atoms with Crippen LogP contribution < -0.4 is 10.6 Å². The van der Waals surface area contributed by atoms with Crippen LogP contribution >= 0.6 is 0 Å². The van der Waals surface area contributed by atoms with Crippen molar-refractivity contribution < 1.29 is 24.2 Å². The van der Waals surface area contributed by atoms with Crippen LogP contribution in [-0.2, 0) is 14.3 Å². The SMILES string of the molecule is CCC(CC)(NC(=O)C(CC1CC1)NC(=O)OCC1c2ccccc2-c2ccccc21)C(=O)O. The molecule has 1 saturated carbocycles. The summed E-state index contributed by atoms with van der Waals surface area (Å²) in [5, 5.41) is 15.1. The van der Waals surface area contributed by atoms with Crippen molar-refractivity contribution in [2.24, 2.45) is 5.92 Å². The Bertz CT molecular complexity index is 1030. The molecule has 2 aliphatic rings. The summed E-state index contributed by atoms with van der Waals surface area (Å²) in [6, 6.07) is 15.3. The standard InChI is InChI=1S/C27H32N2O5/c1-3-27(4-2,25(31)32)29-24(30)23(15-17-13-14-17)28-26(33)34-16-22-20-11-7-5-9-18(20)19-10-6-8-12-21(19)22/h5-12,17,22-23H,3-4,13-16H2,1-2H3,(H,28,33)(H,29,30)(H,31,32). The molecule has 34 heavy (non-hydrogen) atoms. The number of carbonyl (C=O) groups excluding carboxylic acids is 2. The fraction of sp³-hybridized carbons (Fsp3) is 0.444. The molecule has 1 unspecified atom stereocenters. The lowest BCUT2D eigenvalue weighted by Crippen LogP contribution is -2.59. The van der Waals surface area contributed by atoms with E-state index in [-0.39, 0.29) is 25.4 Å². The Balaban J connectivity index is 1.43. The summed E-state index contributed by atoms with van der Waals surface area (Å²) in [5.74, 6) is -1.27. The maximum atomic E-state index is 13.0. The topological polar surface area (TPSA) is 105 Å². The van der Waals surface area contributed by atoms with E-state index in [0.29, 0.717) is 12.3 Å². The van der Waals surface area contributed by atoms with Crippen molar-refractivity contribution in [3.05, 3.63) is 59.7 Å². The third-order valence-electron chi connectivity index (χ3n) is 7.20. The third-order valence-corrected chi connectivity index (χ3v) is 7.20. The molecule has 7 heteroatoms. The largest absolute Gasteiger partial charge is 0.480 e. The molecular weight excluding hydrogens is 432 g/mol. The molecule has 1 atom stereocenters. The molecule has 0 radical (unpaired) electrons. The first kappa shape index (κ1) is 23.8. The van der Waals surface area contributed by atoms with Crippen molar-refractivity contribution in [2.45, 2.75) is 63.5 Å². The van der Waals surface area contributed by atoms with Crippen molar-refractivity contribution in [1.82, 2.24) is 10.6 Å². The molecule has 180 valence electrons. The summed E-state index contributed by atoms with van der Waals surface area (Å²) in [7, 11) is 0. The molecule has 0 aliphatic heterocycles. The van der Waals surface area contributed by atoms with E-state index in [1.807, 2.05) is 36.4 Å². The van der Waals surface area contributed by atoms with Crippen LogP contribution in [0.15, 0.2) is 48.5 Å². The van der Waals surface area contributed by atoms with Gasteiger partial charge in [-0.05, 0) is 47.4 Å². The van der Waals surface area contributed by atoms with Gasteiger partial charge in [0.1, 0.15) is 18.2 Å². The highest BCUT2D eigenvalue weighted by atomic mass is 16.5. The van der Waals surface area contributed by atoms with Crippen molar-refractivity contribution in [2.75, 3.05) is 6.61 Å². The van der Waals surface area contributed by atoms with Crippen LogP contribution in [0.5, 0.6) is 0 Å². The lowest BCUT2D eigenvalue weighted by molar-refractivity contribution is -0.148. The van der Waals surface area contributed by atoms with Gasteiger partial charge in [0.05, 0.1) is 0 Å². The molecule has 3 N–H and O–H groups in total. The van der Waals surface area contributed by atoms with E-state index in [0.717, 1.165) is 35.1 Å². The normalized spacial score (nSPS) is 15.7. The lowest BCUT2D eigenvalue weighted by atomic mass is 9.92. The van der Waals surface area contributed by atoms with Crippen LogP contribution in [-0.4, -0.2) is 41.3 Å². The Labute approximate surface area is 199 Å². The first-order valence-electron chi connectivity index (χ1n) is 12.1. The second-order valence-corrected chi connectivity index (χ2v) is 9.29. The summed E-state index contributed by atoms with van der Waals surface area (Å²) in [6.45, 7) is 3.61. The van der Waals surface area contributed by atoms with Gasteiger partial charge in [-0.15, -0.1) is 0 Å². The molecule has 1 fully saturated rings. The number of benzene rings is 2. The first-order chi connectivity index (χ1) is 16.4. The molecule has 0 heterocycles. The minimum Gasteiger partial charge on any atom is -0.480 e. The fourth-order valence-electron chi connectivity index (χ4n) is 4.81. The number of amides is 2. The van der Waals surface area contributed by atoms with Gasteiger partial charge < -0.3 is 20.5 Å². The molecule has 7 nitrogen and oxygen atoms in total. The van der Waals surface area contributed by atoms with Crippen LogP contribution in [0.4, 0.5) is 4.79 Å². The van der Waals surface area contributed by atoms with Crippen LogP contribution in [0.1, 0.15) is 63.0 Å². The van der Waals surface area contributed by atoms with Crippen LogP contribution in [0.2, 0.25) is 0 Å². The van der Waals surface area contributed by atoms with Crippen LogP contribution in [0.3, 0.4) is 0 Å². The predicted octanol–water partition coefficient (Wildman–Crippen LogP) is 4.45. The first-order valence-corrected chi connectivity index (χ1v) is 12.1. The minimum atomic E-state index is -1.35. The molecule has 0 aromatic heterocycles. The average Bonchev–Trinajstić information content (AvgIpc) is 3.61. The zero-order valence-electron chi connectivity index (χ0n) is 19.7. The van der Waals surface area contributed by atoms with Crippen molar-refractivity contribution in [1.29, 1.82) is 0 Å². The van der Waals surface area contributed by atoms with Gasteiger partial charge in [0.2, 0.25) is 5.91 Å². The number of fused-ring (bicyclic) bond motifs is 3. The predicted molar refractivity (Wildman–Crippen MR) is 128 cm³/mol. The van der Waals surface area contributed by atoms with E-state index in [4.69, 9.17) is 4.74 Å². The van der Waals surface area contributed by atoms with Gasteiger partial charge in [0.15, 0.2) is 0 Å². The van der Waals surface area contributed by atoms with E-state index in [9.17, 15) is 19.5 Å². The monoisotopic (exact) mass is 464 g/mol. The van der Waals surface area contributed by atoms with E-state index >= 15 is 0 Å². The number of rotatable bonds is 10. The molecule has 2 amide bonds. The Kier molecular flexibility index (Phi) is 6.91. The summed E-state index contributed by atoms with van der Waals surface area (Å²) >= 11 is 0. The van der Waals surface area contributed by atoms with E-state index in [1.54, 1.807) is 13.8 Å². The van der Waals surface area contributed by atoms with E-state index in [2.05, 4.69) is 22.8 Å². The molecule has 0 bridgehead atoms. The number of ether oxygens (including phenoxy) is 1. The second kappa shape index (κ2) is 9.87. The second-order valence-electron chi connectivity index (χ2n) is 9.29. The minimum absolute atomic E-state index is 0.0753. The highest BCUT2D eigenvalue weighted by molar-refractivity contribution is 5.91. The number of hydrogen-bond acceptors (Lipinski definition) is 4. The number of alkyl carbamates (subject to hydrolysis) is 1. The molecule has 0 spiro atoms. The Morgan fingerprint density at radius 1 is 1.00 bits per heavy atom. The Morgan fingerprint density at radius 2 is 1.56 bits per heavy atom. The van der Waals surface area contributed by atoms with Crippen LogP contribution in [0, 0.1) is 5.92 Å². The molecule has 4 rings (SSSR count). The van der Waals surface area contributed by atoms with Crippen molar-refractivity contribution in [3.8, 4) is 11.1 Å². The van der Waals surface area contributed by atoms with Gasteiger partial charge in [-0.2, -0.15) is 0 Å². The van der Waals surface area contributed by atoms with Gasteiger partial charge >= 0.3 is 12.1 Å². The summed E-state index contributed by atoms with van der Waals surface area (Å²) in [4.78, 5) is 37.6. The Morgan fingerprint density at radius 3 is 2.06 bits per heavy atom. The third kappa shape index (κ3) is 4.79. The number of hydrogen-bond donors (Lipinski definition) is 3. The zero-order valence-corrected chi connectivity index (χ0v) is 19.7. The van der Waals surface area contributed by atoms with Crippen LogP contribution in [0.25, 0.3) is 11.1 Å². The van der Waals surface area contributed by atoms with E-state index in [1.165, 1.54) is 0 Å². The molecular formula is C27H32N2O5. The maximum Gasteiger partial charge on any atom is 0.407 e. The number of nitrogens with one attached hydrogen (secondary N) is 2. The van der Waals surface area contributed by atoms with Crippen molar-refractivity contribution >= 4 is 18.0 Å². The molecule has 2 aromatic carbocycles. The molecule has 2 aliphatic carbocycles. The summed E-state index contributed by atoms with van der Waals surface area (Å²) in [6.07, 6.45) is 2.32. The van der Waals surface area contributed by atoms with Gasteiger partial charge in [-0.25, -0.2) is 9.59 Å². The number of carbonyl (C=O) groups is 3. The van der Waals surface area contributed by atoms with E-state index < -0.39 is 29.6 Å². The molecule has 0 saturated heterocycles. The summed E-state index contributed by atoms with van der Waals surface area (Å²) < 4.78 is 5.61. The van der Waals surface area contributed by atoms with Gasteiger partial charge in [-0.3, -0.25) is 4.79 Å². The average molecular weight is 465 g/mol.